The van der Waals surface area contributed by atoms with Crippen molar-refractivity contribution in [1.82, 2.24) is 5.43 Å². The van der Waals surface area contributed by atoms with E-state index in [0.717, 1.165) is 27.5 Å². The molecule has 2 rings (SSSR count). The van der Waals surface area contributed by atoms with Gasteiger partial charge < -0.3 is 19.9 Å². The van der Waals surface area contributed by atoms with Gasteiger partial charge in [-0.1, -0.05) is 11.6 Å². The van der Waals surface area contributed by atoms with Crippen molar-refractivity contribution in [1.29, 1.82) is 0 Å². The molecular formula is C21H26ClN3O4. The predicted octanol–water partition coefficient (Wildman–Crippen LogP) is 4.21. The van der Waals surface area contributed by atoms with Crippen molar-refractivity contribution in [3.63, 3.8) is 0 Å². The van der Waals surface area contributed by atoms with Crippen LogP contribution in [0.1, 0.15) is 30.0 Å². The van der Waals surface area contributed by atoms with E-state index in [2.05, 4.69) is 10.5 Å². The largest absolute Gasteiger partial charge is 0.493 e. The highest BCUT2D eigenvalue weighted by Gasteiger charge is 2.07. The van der Waals surface area contributed by atoms with Crippen LogP contribution in [0, 0.1) is 13.8 Å². The molecule has 0 aromatic heterocycles. The van der Waals surface area contributed by atoms with Gasteiger partial charge in [0.2, 0.25) is 0 Å². The molecule has 2 aromatic rings. The van der Waals surface area contributed by atoms with Crippen molar-refractivity contribution < 1.29 is 19.0 Å². The number of hydrazone groups is 1. The maximum atomic E-state index is 10.7. The number of rotatable bonds is 10. The quantitative estimate of drug-likeness (QED) is 0.342. The topological polar surface area (TPSA) is 95.2 Å². The van der Waals surface area contributed by atoms with E-state index in [0.29, 0.717) is 37.7 Å². The molecule has 0 aliphatic heterocycles. The Balaban J connectivity index is 1.87. The van der Waals surface area contributed by atoms with Crippen molar-refractivity contribution >= 4 is 23.8 Å². The molecule has 0 spiro atoms. The molecule has 0 unspecified atom stereocenters. The van der Waals surface area contributed by atoms with Crippen molar-refractivity contribution in [3.8, 4) is 17.2 Å². The van der Waals surface area contributed by atoms with Crippen LogP contribution in [0.4, 0.5) is 4.79 Å². The zero-order chi connectivity index (χ0) is 21.2. The van der Waals surface area contributed by atoms with Gasteiger partial charge in [0.05, 0.1) is 26.0 Å². The molecule has 29 heavy (non-hydrogen) atoms. The van der Waals surface area contributed by atoms with Gasteiger partial charge in [-0.25, -0.2) is 10.2 Å². The Morgan fingerprint density at radius 2 is 1.79 bits per heavy atom. The number of nitrogens with two attached hydrogens (primary N) is 1. The molecule has 0 saturated carbocycles. The third-order valence-electron chi connectivity index (χ3n) is 3.88. The Kier molecular flexibility index (Phi) is 8.61. The first kappa shape index (κ1) is 22.4. The number of halogens is 1. The van der Waals surface area contributed by atoms with E-state index >= 15 is 0 Å². The summed E-state index contributed by atoms with van der Waals surface area (Å²) in [5.41, 5.74) is 9.85. The summed E-state index contributed by atoms with van der Waals surface area (Å²) in [5, 5.41) is 4.50. The average Bonchev–Trinajstić information content (AvgIpc) is 2.67. The molecule has 7 nitrogen and oxygen atoms in total. The van der Waals surface area contributed by atoms with E-state index < -0.39 is 6.03 Å². The minimum Gasteiger partial charge on any atom is -0.493 e. The monoisotopic (exact) mass is 419 g/mol. The number of carbonyl (C=O) groups is 1. The summed E-state index contributed by atoms with van der Waals surface area (Å²) in [6.45, 7) is 7.30. The molecule has 0 saturated heterocycles. The Labute approximate surface area is 175 Å². The standard InChI is InChI=1S/C21H26ClN3O4/c1-4-27-19-12-16(13-24-25-21(23)26)6-7-18(19)29-9-5-8-28-17-10-14(2)20(22)15(3)11-17/h6-7,10-13H,4-5,8-9H2,1-3H3,(H3,23,25,26)/b24-13+. The fourth-order valence-corrected chi connectivity index (χ4v) is 2.69. The molecule has 0 heterocycles. The number of benzene rings is 2. The first-order valence-corrected chi connectivity index (χ1v) is 9.66. The number of primary amides is 1. The van der Waals surface area contributed by atoms with Gasteiger partial charge >= 0.3 is 6.03 Å². The number of hydrogen-bond acceptors (Lipinski definition) is 5. The van der Waals surface area contributed by atoms with Gasteiger partial charge in [0.25, 0.3) is 0 Å². The highest BCUT2D eigenvalue weighted by molar-refractivity contribution is 6.32. The first-order valence-electron chi connectivity index (χ1n) is 9.28. The van der Waals surface area contributed by atoms with E-state index in [1.54, 1.807) is 18.2 Å². The van der Waals surface area contributed by atoms with Gasteiger partial charge in [-0.2, -0.15) is 5.10 Å². The lowest BCUT2D eigenvalue weighted by Crippen LogP contribution is -2.24. The summed E-state index contributed by atoms with van der Waals surface area (Å²) in [5.74, 6) is 2.03. The predicted molar refractivity (Wildman–Crippen MR) is 114 cm³/mol. The van der Waals surface area contributed by atoms with Gasteiger partial charge in [-0.05, 0) is 67.8 Å². The number of ether oxygens (including phenoxy) is 3. The molecule has 156 valence electrons. The number of aryl methyl sites for hydroxylation is 2. The lowest BCUT2D eigenvalue weighted by Gasteiger charge is -2.13. The minimum absolute atomic E-state index is 0.474. The second-order valence-electron chi connectivity index (χ2n) is 6.29. The van der Waals surface area contributed by atoms with Gasteiger partial charge in [0.15, 0.2) is 11.5 Å². The molecule has 2 aromatic carbocycles. The highest BCUT2D eigenvalue weighted by atomic mass is 35.5. The fourth-order valence-electron chi connectivity index (χ4n) is 2.58. The van der Waals surface area contributed by atoms with E-state index in [9.17, 15) is 4.79 Å². The smallest absolute Gasteiger partial charge is 0.332 e. The summed E-state index contributed by atoms with van der Waals surface area (Å²) in [6.07, 6.45) is 2.18. The van der Waals surface area contributed by atoms with Crippen molar-refractivity contribution in [2.24, 2.45) is 10.8 Å². The van der Waals surface area contributed by atoms with Gasteiger partial charge in [-0.3, -0.25) is 0 Å². The number of urea groups is 1. The molecule has 0 atom stereocenters. The average molecular weight is 420 g/mol. The SMILES string of the molecule is CCOc1cc(/C=N/NC(N)=O)ccc1OCCCOc1cc(C)c(Cl)c(C)c1. The maximum Gasteiger partial charge on any atom is 0.332 e. The van der Waals surface area contributed by atoms with Crippen LogP contribution >= 0.6 is 11.6 Å². The van der Waals surface area contributed by atoms with Crippen LogP contribution in [-0.2, 0) is 0 Å². The number of nitrogens with one attached hydrogen (secondary N) is 1. The maximum absolute atomic E-state index is 10.7. The number of amides is 2. The Morgan fingerprint density at radius 1 is 1.10 bits per heavy atom. The van der Waals surface area contributed by atoms with E-state index in [-0.39, 0.29) is 0 Å². The molecule has 2 amide bonds. The number of carbonyl (C=O) groups excluding carboxylic acids is 1. The third-order valence-corrected chi connectivity index (χ3v) is 4.48. The summed E-state index contributed by atoms with van der Waals surface area (Å²) in [6, 6.07) is 8.51. The van der Waals surface area contributed by atoms with Crippen LogP contribution in [0.25, 0.3) is 0 Å². The molecule has 0 aliphatic carbocycles. The molecule has 0 fully saturated rings. The van der Waals surface area contributed by atoms with Crippen LogP contribution in [0.5, 0.6) is 17.2 Å². The normalized spacial score (nSPS) is 10.8. The van der Waals surface area contributed by atoms with Crippen LogP contribution < -0.4 is 25.4 Å². The Morgan fingerprint density at radius 3 is 2.45 bits per heavy atom. The minimum atomic E-state index is -0.725. The summed E-state index contributed by atoms with van der Waals surface area (Å²) in [4.78, 5) is 10.7. The molecule has 8 heteroatoms. The number of hydrogen-bond donors (Lipinski definition) is 2. The zero-order valence-electron chi connectivity index (χ0n) is 16.8. The van der Waals surface area contributed by atoms with Crippen LogP contribution in [0.3, 0.4) is 0 Å². The second kappa shape index (κ2) is 11.2. The van der Waals surface area contributed by atoms with Crippen molar-refractivity contribution in [3.05, 3.63) is 52.0 Å². The number of nitrogens with zero attached hydrogens (tertiary/aromatic N) is 1. The van der Waals surface area contributed by atoms with Gasteiger partial charge in [0, 0.05) is 11.4 Å². The van der Waals surface area contributed by atoms with Gasteiger partial charge in [-0.15, -0.1) is 0 Å². The van der Waals surface area contributed by atoms with E-state index in [4.69, 9.17) is 31.5 Å². The van der Waals surface area contributed by atoms with Crippen LogP contribution in [0.2, 0.25) is 5.02 Å². The summed E-state index contributed by atoms with van der Waals surface area (Å²) in [7, 11) is 0. The summed E-state index contributed by atoms with van der Waals surface area (Å²) < 4.78 is 17.2. The highest BCUT2D eigenvalue weighted by Crippen LogP contribution is 2.28. The van der Waals surface area contributed by atoms with E-state index in [1.165, 1.54) is 6.21 Å². The first-order chi connectivity index (χ1) is 13.9. The second-order valence-corrected chi connectivity index (χ2v) is 6.67. The van der Waals surface area contributed by atoms with Crippen LogP contribution in [-0.4, -0.2) is 32.1 Å². The van der Waals surface area contributed by atoms with Gasteiger partial charge in [0.1, 0.15) is 5.75 Å². The third kappa shape index (κ3) is 7.19. The molecular weight excluding hydrogens is 394 g/mol. The fraction of sp³-hybridized carbons (Fsp3) is 0.333. The zero-order valence-corrected chi connectivity index (χ0v) is 17.6. The summed E-state index contributed by atoms with van der Waals surface area (Å²) >= 11 is 6.18. The molecule has 3 N–H and O–H groups in total. The lowest BCUT2D eigenvalue weighted by molar-refractivity contribution is 0.236. The Bertz CT molecular complexity index is 848. The lowest BCUT2D eigenvalue weighted by atomic mass is 10.1. The van der Waals surface area contributed by atoms with Crippen molar-refractivity contribution in [2.75, 3.05) is 19.8 Å². The molecule has 0 radical (unpaired) electrons. The van der Waals surface area contributed by atoms with Crippen LogP contribution in [0.15, 0.2) is 35.4 Å². The Hall–Kier alpha value is -2.93. The van der Waals surface area contributed by atoms with E-state index in [1.807, 2.05) is 32.9 Å². The molecule has 0 aliphatic rings. The van der Waals surface area contributed by atoms with Crippen molar-refractivity contribution in [2.45, 2.75) is 27.2 Å². The molecule has 0 bridgehead atoms.